The monoisotopic (exact) mass is 354 g/mol. The Balaban J connectivity index is 1.92. The fourth-order valence-corrected chi connectivity index (χ4v) is 4.11. The highest BCUT2D eigenvalue weighted by Crippen LogP contribution is 2.30. The molecule has 0 bridgehead atoms. The average Bonchev–Trinajstić information content (AvgIpc) is 3.20. The molecule has 4 aromatic rings. The first-order valence-electron chi connectivity index (χ1n) is 7.93. The van der Waals surface area contributed by atoms with Crippen LogP contribution in [0.3, 0.4) is 0 Å². The van der Waals surface area contributed by atoms with Crippen molar-refractivity contribution in [2.45, 2.75) is 13.2 Å². The lowest BCUT2D eigenvalue weighted by atomic mass is 10.0. The number of aliphatic hydroxyl groups excluding tert-OH is 1. The number of aromatic amines is 1. The van der Waals surface area contributed by atoms with Gasteiger partial charge in [-0.1, -0.05) is 12.1 Å². The second-order valence-corrected chi connectivity index (χ2v) is 7.32. The van der Waals surface area contributed by atoms with Crippen molar-refractivity contribution in [1.82, 2.24) is 19.5 Å². The van der Waals surface area contributed by atoms with Crippen LogP contribution in [0, 0.1) is 0 Å². The second-order valence-electron chi connectivity index (χ2n) is 6.32. The van der Waals surface area contributed by atoms with E-state index >= 15 is 0 Å². The quantitative estimate of drug-likeness (QED) is 0.590. The molecule has 0 aliphatic rings. The molecule has 25 heavy (non-hydrogen) atoms. The molecular formula is C18H18N4O2S. The van der Waals surface area contributed by atoms with Crippen LogP contribution in [0.15, 0.2) is 40.5 Å². The molecule has 0 unspecified atom stereocenters. The second kappa shape index (κ2) is 6.11. The maximum atomic E-state index is 12.1. The zero-order valence-corrected chi connectivity index (χ0v) is 14.8. The number of nitrogens with one attached hydrogen (secondary N) is 1. The number of thiophene rings is 1. The summed E-state index contributed by atoms with van der Waals surface area (Å²) in [4.78, 5) is 15.6. The van der Waals surface area contributed by atoms with E-state index in [0.717, 1.165) is 34.1 Å². The Kier molecular flexibility index (Phi) is 3.91. The largest absolute Gasteiger partial charge is 0.392 e. The highest BCUT2D eigenvalue weighted by Gasteiger charge is 2.12. The Morgan fingerprint density at radius 3 is 2.84 bits per heavy atom. The molecule has 0 spiro atoms. The highest BCUT2D eigenvalue weighted by atomic mass is 32.1. The van der Waals surface area contributed by atoms with E-state index in [1.807, 2.05) is 32.3 Å². The molecule has 0 radical (unpaired) electrons. The summed E-state index contributed by atoms with van der Waals surface area (Å²) in [6, 6.07) is 9.88. The molecule has 0 saturated heterocycles. The molecule has 0 aliphatic heterocycles. The number of rotatable bonds is 4. The predicted molar refractivity (Wildman–Crippen MR) is 99.9 cm³/mol. The van der Waals surface area contributed by atoms with Gasteiger partial charge in [0.05, 0.1) is 12.1 Å². The smallest absolute Gasteiger partial charge is 0.348 e. The van der Waals surface area contributed by atoms with Crippen molar-refractivity contribution in [3.63, 3.8) is 0 Å². The summed E-state index contributed by atoms with van der Waals surface area (Å²) < 4.78 is 1.55. The third-order valence-corrected chi connectivity index (χ3v) is 5.14. The van der Waals surface area contributed by atoms with E-state index in [-0.39, 0.29) is 12.3 Å². The molecule has 4 rings (SSSR count). The van der Waals surface area contributed by atoms with Crippen molar-refractivity contribution in [3.05, 3.63) is 56.6 Å². The zero-order chi connectivity index (χ0) is 17.6. The van der Waals surface area contributed by atoms with Gasteiger partial charge in [-0.3, -0.25) is 0 Å². The predicted octanol–water partition coefficient (Wildman–Crippen LogP) is 2.46. The van der Waals surface area contributed by atoms with Gasteiger partial charge in [0.25, 0.3) is 0 Å². The molecule has 0 amide bonds. The molecule has 7 heteroatoms. The van der Waals surface area contributed by atoms with Crippen LogP contribution in [0.4, 0.5) is 0 Å². The van der Waals surface area contributed by atoms with Crippen LogP contribution in [-0.4, -0.2) is 38.7 Å². The fraction of sp³-hybridized carbons (Fsp3) is 0.222. The van der Waals surface area contributed by atoms with E-state index in [0.29, 0.717) is 5.65 Å². The number of pyridine rings is 1. The minimum absolute atomic E-state index is 0.0984. The van der Waals surface area contributed by atoms with Gasteiger partial charge in [-0.05, 0) is 54.4 Å². The molecule has 0 atom stereocenters. The standard InChI is InChI=1S/C18H18N4O2S/c1-21(2)8-14-5-13(10-25-14)11-3-4-15-12(9-23)7-17-19-20-18(24)22(17)16(15)6-11/h3-7,10,23H,8-9H2,1-2H3,(H,20,24). The number of benzene rings is 1. The van der Waals surface area contributed by atoms with Gasteiger partial charge in [0.15, 0.2) is 5.65 Å². The van der Waals surface area contributed by atoms with Crippen LogP contribution in [0.1, 0.15) is 10.4 Å². The third kappa shape index (κ3) is 2.76. The SMILES string of the molecule is CN(C)Cc1cc(-c2ccc3c(CO)cc4n[nH]c(=O)n4c3c2)cs1. The van der Waals surface area contributed by atoms with Crippen LogP contribution in [-0.2, 0) is 13.2 Å². The lowest BCUT2D eigenvalue weighted by Gasteiger charge is -2.08. The number of hydrogen-bond donors (Lipinski definition) is 2. The summed E-state index contributed by atoms with van der Waals surface area (Å²) >= 11 is 1.73. The van der Waals surface area contributed by atoms with Gasteiger partial charge in [-0.2, -0.15) is 5.10 Å². The van der Waals surface area contributed by atoms with Gasteiger partial charge in [-0.25, -0.2) is 14.3 Å². The molecule has 6 nitrogen and oxygen atoms in total. The topological polar surface area (TPSA) is 73.6 Å². The first-order valence-corrected chi connectivity index (χ1v) is 8.81. The number of nitrogens with zero attached hydrogens (tertiary/aromatic N) is 3. The number of aliphatic hydroxyl groups is 1. The van der Waals surface area contributed by atoms with Gasteiger partial charge >= 0.3 is 5.69 Å². The van der Waals surface area contributed by atoms with Crippen molar-refractivity contribution in [2.75, 3.05) is 14.1 Å². The molecule has 2 N–H and O–H groups in total. The maximum Gasteiger partial charge on any atom is 0.348 e. The zero-order valence-electron chi connectivity index (χ0n) is 14.0. The molecule has 128 valence electrons. The fourth-order valence-electron chi connectivity index (χ4n) is 3.10. The third-order valence-electron chi connectivity index (χ3n) is 4.22. The van der Waals surface area contributed by atoms with Crippen molar-refractivity contribution < 1.29 is 5.11 Å². The van der Waals surface area contributed by atoms with Crippen LogP contribution < -0.4 is 5.69 Å². The Morgan fingerprint density at radius 1 is 1.24 bits per heavy atom. The van der Waals surface area contributed by atoms with E-state index in [1.165, 1.54) is 4.88 Å². The summed E-state index contributed by atoms with van der Waals surface area (Å²) in [5, 5.41) is 19.1. The van der Waals surface area contributed by atoms with Gasteiger partial charge in [-0.15, -0.1) is 11.3 Å². The maximum absolute atomic E-state index is 12.1. The van der Waals surface area contributed by atoms with Crippen molar-refractivity contribution in [3.8, 4) is 11.1 Å². The van der Waals surface area contributed by atoms with E-state index in [9.17, 15) is 9.90 Å². The summed E-state index contributed by atoms with van der Waals surface area (Å²) in [6.45, 7) is 0.803. The van der Waals surface area contributed by atoms with Crippen LogP contribution >= 0.6 is 11.3 Å². The van der Waals surface area contributed by atoms with Crippen LogP contribution in [0.2, 0.25) is 0 Å². The summed E-state index contributed by atoms with van der Waals surface area (Å²) in [7, 11) is 4.10. The Morgan fingerprint density at radius 2 is 2.08 bits per heavy atom. The average molecular weight is 354 g/mol. The number of fused-ring (bicyclic) bond motifs is 3. The molecule has 3 heterocycles. The Hall–Kier alpha value is -2.48. The Bertz CT molecular complexity index is 1120. The van der Waals surface area contributed by atoms with Gasteiger partial charge < -0.3 is 10.0 Å². The molecular weight excluding hydrogens is 336 g/mol. The summed E-state index contributed by atoms with van der Waals surface area (Å²) in [5.74, 6) is 0. The van der Waals surface area contributed by atoms with E-state index < -0.39 is 0 Å². The lowest BCUT2D eigenvalue weighted by molar-refractivity contribution is 0.283. The van der Waals surface area contributed by atoms with E-state index in [4.69, 9.17) is 0 Å². The lowest BCUT2D eigenvalue weighted by Crippen LogP contribution is -2.10. The minimum Gasteiger partial charge on any atom is -0.392 e. The van der Waals surface area contributed by atoms with E-state index in [2.05, 4.69) is 26.5 Å². The molecule has 1 aromatic carbocycles. The molecule has 0 aliphatic carbocycles. The van der Waals surface area contributed by atoms with Gasteiger partial charge in [0.2, 0.25) is 0 Å². The van der Waals surface area contributed by atoms with Gasteiger partial charge in [0.1, 0.15) is 0 Å². The van der Waals surface area contributed by atoms with Crippen molar-refractivity contribution >= 4 is 27.9 Å². The van der Waals surface area contributed by atoms with Crippen molar-refractivity contribution in [2.24, 2.45) is 0 Å². The summed E-state index contributed by atoms with van der Waals surface area (Å²) in [6.07, 6.45) is 0. The van der Waals surface area contributed by atoms with E-state index in [1.54, 1.807) is 21.8 Å². The first kappa shape index (κ1) is 16.0. The molecule has 0 fully saturated rings. The Labute approximate surface area is 148 Å². The van der Waals surface area contributed by atoms with Crippen LogP contribution in [0.25, 0.3) is 27.7 Å². The normalized spacial score (nSPS) is 11.8. The number of hydrogen-bond acceptors (Lipinski definition) is 5. The summed E-state index contributed by atoms with van der Waals surface area (Å²) in [5.41, 5.74) is 3.91. The number of aromatic nitrogens is 3. The highest BCUT2D eigenvalue weighted by molar-refractivity contribution is 7.10. The van der Waals surface area contributed by atoms with Crippen molar-refractivity contribution in [1.29, 1.82) is 0 Å². The molecule has 0 saturated carbocycles. The van der Waals surface area contributed by atoms with Crippen LogP contribution in [0.5, 0.6) is 0 Å². The first-order chi connectivity index (χ1) is 12.1. The number of H-pyrrole nitrogens is 1. The van der Waals surface area contributed by atoms with Gasteiger partial charge in [0, 0.05) is 16.8 Å². The molecule has 3 aromatic heterocycles. The minimum atomic E-state index is -0.278.